The van der Waals surface area contributed by atoms with Crippen molar-refractivity contribution in [3.63, 3.8) is 0 Å². The van der Waals surface area contributed by atoms with Crippen molar-refractivity contribution in [2.45, 2.75) is 71.2 Å². The van der Waals surface area contributed by atoms with Gasteiger partial charge in [-0.2, -0.15) is 0 Å². The molecule has 7 rings (SSSR count). The Kier molecular flexibility index (Phi) is 7.24. The minimum atomic E-state index is -1.34. The van der Waals surface area contributed by atoms with Crippen LogP contribution in [-0.2, 0) is 21.4 Å². The van der Waals surface area contributed by atoms with Crippen LogP contribution in [0.4, 0.5) is 10.1 Å². The van der Waals surface area contributed by atoms with Crippen LogP contribution in [-0.4, -0.2) is 45.0 Å². The van der Waals surface area contributed by atoms with Crippen LogP contribution in [0.25, 0.3) is 11.6 Å². The lowest BCUT2D eigenvalue weighted by atomic mass is 9.72. The molecule has 2 aromatic heterocycles. The van der Waals surface area contributed by atoms with Gasteiger partial charge >= 0.3 is 0 Å². The number of fused-ring (bicyclic) bond motifs is 4. The summed E-state index contributed by atoms with van der Waals surface area (Å²) >= 11 is 0. The number of Topliss-reactive ketones (excluding diaryl/α,β-unsaturated/α-hetero) is 1. The fraction of sp³-hybridized carbons (Fsp3) is 0.400. The molecule has 250 valence electrons. The zero-order chi connectivity index (χ0) is 34.3. The summed E-state index contributed by atoms with van der Waals surface area (Å²) in [5.41, 5.74) is 5.88. The van der Waals surface area contributed by atoms with Gasteiger partial charge in [0.2, 0.25) is 17.7 Å². The molecule has 1 spiro atoms. The van der Waals surface area contributed by atoms with Crippen LogP contribution in [0.5, 0.6) is 5.75 Å². The van der Waals surface area contributed by atoms with Gasteiger partial charge in [-0.15, -0.1) is 0 Å². The SMILES string of the molecule is CC(C)[C@H](O)C(=O)C[C@H]1Cc2ccc3c(c2)[C@@]2(c4cc(F)ccc4N[C@@H]2O3)c2oc(nc2-c2nc(C(N)=O)co2)[C@H](C(C)(C)C)NC1=O. The van der Waals surface area contributed by atoms with Crippen LogP contribution in [0.2, 0.25) is 0 Å². The highest BCUT2D eigenvalue weighted by molar-refractivity contribution is 5.91. The summed E-state index contributed by atoms with van der Waals surface area (Å²) in [5.74, 6) is -2.64. The fourth-order valence-corrected chi connectivity index (χ4v) is 6.92. The number of ketones is 1. The Balaban J connectivity index is 1.51. The van der Waals surface area contributed by atoms with E-state index in [1.54, 1.807) is 26.0 Å². The maximum atomic E-state index is 15.1. The Morgan fingerprint density at radius 2 is 1.90 bits per heavy atom. The van der Waals surface area contributed by atoms with Crippen molar-refractivity contribution < 1.29 is 37.5 Å². The third kappa shape index (κ3) is 4.86. The van der Waals surface area contributed by atoms with Gasteiger partial charge in [-0.3, -0.25) is 14.4 Å². The van der Waals surface area contributed by atoms with Gasteiger partial charge in [-0.05, 0) is 47.6 Å². The molecule has 5 atom stereocenters. The van der Waals surface area contributed by atoms with E-state index >= 15 is 4.39 Å². The second-order valence-electron chi connectivity index (χ2n) is 14.2. The maximum Gasteiger partial charge on any atom is 0.270 e. The summed E-state index contributed by atoms with van der Waals surface area (Å²) in [5, 5.41) is 17.0. The monoisotopic (exact) mass is 657 g/mol. The molecule has 48 heavy (non-hydrogen) atoms. The van der Waals surface area contributed by atoms with Crippen molar-refractivity contribution in [3.05, 3.63) is 82.5 Å². The molecule has 0 saturated heterocycles. The van der Waals surface area contributed by atoms with Crippen molar-refractivity contribution in [3.8, 4) is 17.3 Å². The van der Waals surface area contributed by atoms with E-state index in [0.717, 1.165) is 6.26 Å². The molecule has 2 amide bonds. The second kappa shape index (κ2) is 11.0. The van der Waals surface area contributed by atoms with E-state index < -0.39 is 58.5 Å². The van der Waals surface area contributed by atoms with E-state index in [1.165, 1.54) is 12.1 Å². The van der Waals surface area contributed by atoms with Gasteiger partial charge in [0.25, 0.3) is 5.91 Å². The Hall–Kier alpha value is -5.04. The van der Waals surface area contributed by atoms with Crippen molar-refractivity contribution in [1.29, 1.82) is 0 Å². The first-order valence-electron chi connectivity index (χ1n) is 15.8. The van der Waals surface area contributed by atoms with Gasteiger partial charge in [0, 0.05) is 29.2 Å². The van der Waals surface area contributed by atoms with E-state index in [-0.39, 0.29) is 47.7 Å². The van der Waals surface area contributed by atoms with Gasteiger partial charge in [0.15, 0.2) is 29.2 Å². The van der Waals surface area contributed by atoms with Gasteiger partial charge in [0.05, 0.1) is 0 Å². The number of rotatable bonds is 6. The topological polar surface area (TPSA) is 183 Å². The molecule has 0 fully saturated rings. The molecule has 0 unspecified atom stereocenters. The van der Waals surface area contributed by atoms with Crippen molar-refractivity contribution in [1.82, 2.24) is 15.3 Å². The zero-order valence-electron chi connectivity index (χ0n) is 27.1. The number of amides is 2. The average molecular weight is 658 g/mol. The van der Waals surface area contributed by atoms with Crippen molar-refractivity contribution >= 4 is 23.3 Å². The number of aromatic nitrogens is 2. The van der Waals surface area contributed by atoms with E-state index in [9.17, 15) is 19.5 Å². The molecule has 0 aliphatic carbocycles. The number of nitrogens with two attached hydrogens (primary N) is 1. The normalized spacial score (nSPS) is 23.2. The van der Waals surface area contributed by atoms with E-state index in [4.69, 9.17) is 24.3 Å². The van der Waals surface area contributed by atoms with Gasteiger partial charge in [-0.25, -0.2) is 14.4 Å². The number of aliphatic hydroxyl groups excluding tert-OH is 1. The highest BCUT2D eigenvalue weighted by Crippen LogP contribution is 2.59. The van der Waals surface area contributed by atoms with Crippen LogP contribution in [0.15, 0.2) is 51.5 Å². The number of primary amides is 1. The summed E-state index contributed by atoms with van der Waals surface area (Å²) in [4.78, 5) is 48.5. The summed E-state index contributed by atoms with van der Waals surface area (Å²) in [6.07, 6.45) is -0.972. The van der Waals surface area contributed by atoms with Crippen LogP contribution >= 0.6 is 0 Å². The predicted molar refractivity (Wildman–Crippen MR) is 169 cm³/mol. The van der Waals surface area contributed by atoms with E-state index in [2.05, 4.69) is 15.6 Å². The highest BCUT2D eigenvalue weighted by Gasteiger charge is 2.61. The first kappa shape index (κ1) is 31.6. The smallest absolute Gasteiger partial charge is 0.270 e. The number of oxazole rings is 2. The number of hydrogen-bond donors (Lipinski definition) is 4. The second-order valence-corrected chi connectivity index (χ2v) is 14.2. The standard InChI is InChI=1S/C35H36FN5O7/c1-15(2)26(43)23(42)12-17-10-16-6-9-24-20(11-16)35(19-13-18(36)7-8-21(19)39-33(35)47-24)28-25(31-38-22(14-46-31)29(37)44)40-32(48-28)27(34(3,4)5)41-30(17)45/h6-9,11,13-15,17,26-27,33,39,43H,10,12H2,1-5H3,(H2,37,44)(H,41,45)/t17-,26+,27-,33-,35+/m1/s1. The molecule has 0 saturated carbocycles. The molecule has 3 aliphatic heterocycles. The number of halogens is 1. The third-order valence-electron chi connectivity index (χ3n) is 9.42. The molecular weight excluding hydrogens is 621 g/mol. The maximum absolute atomic E-state index is 15.1. The quantitative estimate of drug-likeness (QED) is 0.232. The lowest BCUT2D eigenvalue weighted by Crippen LogP contribution is -2.42. The number of aliphatic hydroxyl groups is 1. The number of benzene rings is 2. The molecule has 4 aromatic rings. The summed E-state index contributed by atoms with van der Waals surface area (Å²) < 4.78 is 34.1. The number of anilines is 1. The van der Waals surface area contributed by atoms with E-state index in [0.29, 0.717) is 28.1 Å². The van der Waals surface area contributed by atoms with Crippen LogP contribution < -0.4 is 21.1 Å². The summed E-state index contributed by atoms with van der Waals surface area (Å²) in [6.45, 7) is 9.17. The van der Waals surface area contributed by atoms with Gasteiger partial charge < -0.3 is 35.0 Å². The number of ether oxygens (including phenoxy) is 1. The van der Waals surface area contributed by atoms with Gasteiger partial charge in [-0.1, -0.05) is 46.8 Å². The molecule has 4 bridgehead atoms. The predicted octanol–water partition coefficient (Wildman–Crippen LogP) is 4.40. The first-order valence-corrected chi connectivity index (χ1v) is 15.8. The fourth-order valence-electron chi connectivity index (χ4n) is 6.92. The minimum absolute atomic E-state index is 0.0728. The minimum Gasteiger partial charge on any atom is -0.469 e. The highest BCUT2D eigenvalue weighted by atomic mass is 19.1. The molecular formula is C35H36FN5O7. The Morgan fingerprint density at radius 1 is 1.12 bits per heavy atom. The Morgan fingerprint density at radius 3 is 2.58 bits per heavy atom. The van der Waals surface area contributed by atoms with E-state index in [1.807, 2.05) is 32.9 Å². The molecule has 12 nitrogen and oxygen atoms in total. The number of nitrogens with one attached hydrogen (secondary N) is 2. The van der Waals surface area contributed by atoms with Crippen molar-refractivity contribution in [2.24, 2.45) is 23.0 Å². The lowest BCUT2D eigenvalue weighted by molar-refractivity contribution is -0.135. The molecule has 5 heterocycles. The number of hydrogen-bond acceptors (Lipinski definition) is 10. The zero-order valence-corrected chi connectivity index (χ0v) is 27.1. The molecule has 0 radical (unpaired) electrons. The molecule has 13 heteroatoms. The average Bonchev–Trinajstić information content (AvgIpc) is 3.79. The van der Waals surface area contributed by atoms with Crippen LogP contribution in [0.3, 0.4) is 0 Å². The lowest BCUT2D eigenvalue weighted by Gasteiger charge is -2.32. The van der Waals surface area contributed by atoms with Crippen LogP contribution in [0, 0.1) is 23.1 Å². The number of carbonyl (C=O) groups excluding carboxylic acids is 3. The number of nitrogens with zero attached hydrogens (tertiary/aromatic N) is 2. The van der Waals surface area contributed by atoms with Gasteiger partial charge in [0.1, 0.15) is 35.4 Å². The first-order chi connectivity index (χ1) is 22.7. The molecule has 2 aromatic carbocycles. The van der Waals surface area contributed by atoms with Crippen molar-refractivity contribution in [2.75, 3.05) is 5.32 Å². The Bertz CT molecular complexity index is 1980. The largest absolute Gasteiger partial charge is 0.469 e. The summed E-state index contributed by atoms with van der Waals surface area (Å²) in [7, 11) is 0. The Labute approximate surface area is 275 Å². The molecule has 3 aliphatic rings. The number of carbonyl (C=O) groups is 3. The third-order valence-corrected chi connectivity index (χ3v) is 9.42. The van der Waals surface area contributed by atoms with Crippen LogP contribution in [0.1, 0.15) is 85.9 Å². The summed E-state index contributed by atoms with van der Waals surface area (Å²) in [6, 6.07) is 8.97. The molecule has 5 N–H and O–H groups in total.